The molecule has 7 heteroatoms. The van der Waals surface area contributed by atoms with E-state index in [9.17, 15) is 4.79 Å². The van der Waals surface area contributed by atoms with Crippen LogP contribution < -0.4 is 4.90 Å². The Morgan fingerprint density at radius 1 is 1.36 bits per heavy atom. The molecule has 0 radical (unpaired) electrons. The highest BCUT2D eigenvalue weighted by Gasteiger charge is 2.28. The largest absolute Gasteiger partial charge is 0.361 e. The van der Waals surface area contributed by atoms with E-state index in [4.69, 9.17) is 16.3 Å². The van der Waals surface area contributed by atoms with Crippen LogP contribution in [-0.4, -0.2) is 38.8 Å². The molecule has 1 heterocycles. The van der Waals surface area contributed by atoms with Crippen LogP contribution in [0.4, 0.5) is 5.69 Å². The standard InChI is InChI=1S/C18H27BrClNO2SSi/c1-25(2,3)11-8-23-13-21(17-12-15(20)4-5-16(17)19)18(22)14-6-9-24-10-7-14/h4-5,12,14H,6-11,13H2,1-3H3. The topological polar surface area (TPSA) is 29.5 Å². The molecule has 0 aromatic heterocycles. The van der Waals surface area contributed by atoms with Crippen molar-refractivity contribution < 1.29 is 9.53 Å². The maximum absolute atomic E-state index is 13.1. The van der Waals surface area contributed by atoms with E-state index in [1.54, 1.807) is 4.90 Å². The number of rotatable bonds is 7. The van der Waals surface area contributed by atoms with Crippen molar-refractivity contribution in [3.05, 3.63) is 27.7 Å². The molecule has 140 valence electrons. The van der Waals surface area contributed by atoms with Crippen molar-refractivity contribution >= 4 is 59.0 Å². The Kier molecular flexibility index (Phi) is 8.33. The maximum Gasteiger partial charge on any atom is 0.232 e. The van der Waals surface area contributed by atoms with Gasteiger partial charge in [-0.1, -0.05) is 31.2 Å². The third kappa shape index (κ3) is 6.90. The summed E-state index contributed by atoms with van der Waals surface area (Å²) in [6.45, 7) is 7.95. The molecular formula is C18H27BrClNO2SSi. The lowest BCUT2D eigenvalue weighted by Gasteiger charge is -2.30. The predicted molar refractivity (Wildman–Crippen MR) is 116 cm³/mol. The molecule has 1 aromatic carbocycles. The number of nitrogens with zero attached hydrogens (tertiary/aromatic N) is 1. The summed E-state index contributed by atoms with van der Waals surface area (Å²) in [6, 6.07) is 6.63. The van der Waals surface area contributed by atoms with Crippen LogP contribution in [0.25, 0.3) is 0 Å². The van der Waals surface area contributed by atoms with Gasteiger partial charge in [-0.25, -0.2) is 0 Å². The quantitative estimate of drug-likeness (QED) is 0.286. The Bertz CT molecular complexity index is 591. The van der Waals surface area contributed by atoms with Gasteiger partial charge in [0.2, 0.25) is 5.91 Å². The fourth-order valence-corrected chi connectivity index (χ4v) is 5.13. The van der Waals surface area contributed by atoms with E-state index >= 15 is 0 Å². The highest BCUT2D eigenvalue weighted by atomic mass is 79.9. The highest BCUT2D eigenvalue weighted by Crippen LogP contribution is 2.33. The first-order valence-corrected chi connectivity index (χ1v) is 14.7. The zero-order chi connectivity index (χ0) is 18.4. The number of carbonyl (C=O) groups is 1. The summed E-state index contributed by atoms with van der Waals surface area (Å²) in [4.78, 5) is 14.9. The number of thioether (sulfide) groups is 1. The Labute approximate surface area is 170 Å². The second-order valence-electron chi connectivity index (χ2n) is 7.60. The van der Waals surface area contributed by atoms with Crippen LogP contribution in [-0.2, 0) is 9.53 Å². The summed E-state index contributed by atoms with van der Waals surface area (Å²) in [5.41, 5.74) is 0.795. The first kappa shape index (κ1) is 21.3. The van der Waals surface area contributed by atoms with E-state index in [-0.39, 0.29) is 18.6 Å². The average Bonchev–Trinajstić information content (AvgIpc) is 2.57. The maximum atomic E-state index is 13.1. The highest BCUT2D eigenvalue weighted by molar-refractivity contribution is 9.10. The second kappa shape index (κ2) is 9.79. The summed E-state index contributed by atoms with van der Waals surface area (Å²) in [5, 5.41) is 0.622. The van der Waals surface area contributed by atoms with Crippen molar-refractivity contribution in [2.24, 2.45) is 5.92 Å². The number of ether oxygens (including phenoxy) is 1. The van der Waals surface area contributed by atoms with Crippen LogP contribution in [0.15, 0.2) is 22.7 Å². The van der Waals surface area contributed by atoms with Crippen molar-refractivity contribution in [1.29, 1.82) is 0 Å². The molecule has 1 fully saturated rings. The van der Waals surface area contributed by atoms with Gasteiger partial charge in [-0.15, -0.1) is 0 Å². The van der Waals surface area contributed by atoms with Crippen LogP contribution in [0.5, 0.6) is 0 Å². The minimum Gasteiger partial charge on any atom is -0.361 e. The van der Waals surface area contributed by atoms with Crippen molar-refractivity contribution in [2.45, 2.75) is 38.5 Å². The van der Waals surface area contributed by atoms with Gasteiger partial charge < -0.3 is 4.74 Å². The van der Waals surface area contributed by atoms with Crippen molar-refractivity contribution in [3.63, 3.8) is 0 Å². The van der Waals surface area contributed by atoms with Gasteiger partial charge in [-0.05, 0) is 64.5 Å². The second-order valence-corrected chi connectivity index (χ2v) is 15.7. The van der Waals surface area contributed by atoms with E-state index < -0.39 is 8.07 Å². The first-order chi connectivity index (χ1) is 11.8. The Morgan fingerprint density at radius 3 is 2.68 bits per heavy atom. The molecule has 1 aromatic rings. The molecule has 2 rings (SSSR count). The lowest BCUT2D eigenvalue weighted by atomic mass is 10.0. The smallest absolute Gasteiger partial charge is 0.232 e. The zero-order valence-corrected chi connectivity index (χ0v) is 19.3. The summed E-state index contributed by atoms with van der Waals surface area (Å²) >= 11 is 11.7. The molecule has 1 saturated heterocycles. The molecule has 25 heavy (non-hydrogen) atoms. The molecule has 0 bridgehead atoms. The van der Waals surface area contributed by atoms with Crippen LogP contribution >= 0.6 is 39.3 Å². The average molecular weight is 465 g/mol. The Morgan fingerprint density at radius 2 is 2.04 bits per heavy atom. The van der Waals surface area contributed by atoms with Crippen molar-refractivity contribution in [2.75, 3.05) is 29.7 Å². The molecule has 0 atom stereocenters. The van der Waals surface area contributed by atoms with E-state index in [0.717, 1.165) is 40.6 Å². The summed E-state index contributed by atoms with van der Waals surface area (Å²) in [5.74, 6) is 2.33. The van der Waals surface area contributed by atoms with Gasteiger partial charge in [-0.2, -0.15) is 11.8 Å². The third-order valence-corrected chi connectivity index (χ3v) is 7.91. The molecular weight excluding hydrogens is 438 g/mol. The number of carbonyl (C=O) groups excluding carboxylic acids is 1. The number of hydrogen-bond donors (Lipinski definition) is 0. The van der Waals surface area contributed by atoms with Crippen molar-refractivity contribution in [3.8, 4) is 0 Å². The molecule has 0 aliphatic carbocycles. The number of benzene rings is 1. The Balaban J connectivity index is 2.12. The van der Waals surface area contributed by atoms with Crippen LogP contribution in [0.1, 0.15) is 12.8 Å². The van der Waals surface area contributed by atoms with Crippen LogP contribution in [0, 0.1) is 5.92 Å². The molecule has 0 unspecified atom stereocenters. The molecule has 0 saturated carbocycles. The van der Waals surface area contributed by atoms with Gasteiger partial charge in [0.05, 0.1) is 5.69 Å². The fourth-order valence-electron chi connectivity index (χ4n) is 2.64. The Hall–Kier alpha value is -0.0131. The van der Waals surface area contributed by atoms with Gasteiger partial charge in [0.1, 0.15) is 6.73 Å². The lowest BCUT2D eigenvalue weighted by Crippen LogP contribution is -2.40. The minimum absolute atomic E-state index is 0.0766. The summed E-state index contributed by atoms with van der Waals surface area (Å²) in [6.07, 6.45) is 1.88. The number of hydrogen-bond acceptors (Lipinski definition) is 3. The fraction of sp³-hybridized carbons (Fsp3) is 0.611. The molecule has 0 spiro atoms. The molecule has 3 nitrogen and oxygen atoms in total. The van der Waals surface area contributed by atoms with Gasteiger partial charge in [0.15, 0.2) is 0 Å². The minimum atomic E-state index is -1.15. The predicted octanol–water partition coefficient (Wildman–Crippen LogP) is 5.89. The SMILES string of the molecule is C[Si](C)(C)CCOCN(C(=O)C1CCSCC1)c1cc(Cl)ccc1Br. The summed E-state index contributed by atoms with van der Waals surface area (Å²) in [7, 11) is -1.15. The molecule has 1 aliphatic heterocycles. The lowest BCUT2D eigenvalue weighted by molar-refractivity contribution is -0.123. The van der Waals surface area contributed by atoms with E-state index in [0.29, 0.717) is 11.6 Å². The van der Waals surface area contributed by atoms with Crippen molar-refractivity contribution in [1.82, 2.24) is 0 Å². The number of halogens is 2. The van der Waals surface area contributed by atoms with Gasteiger partial charge in [-0.3, -0.25) is 9.69 Å². The van der Waals surface area contributed by atoms with Gasteiger partial charge in [0.25, 0.3) is 0 Å². The zero-order valence-electron chi connectivity index (χ0n) is 15.2. The number of amides is 1. The van der Waals surface area contributed by atoms with Crippen LogP contribution in [0.2, 0.25) is 30.7 Å². The summed E-state index contributed by atoms with van der Waals surface area (Å²) < 4.78 is 6.77. The van der Waals surface area contributed by atoms with Gasteiger partial charge >= 0.3 is 0 Å². The first-order valence-electron chi connectivity index (χ1n) is 8.70. The third-order valence-electron chi connectivity index (χ3n) is 4.25. The molecule has 0 N–H and O–H groups in total. The number of anilines is 1. The molecule has 1 amide bonds. The monoisotopic (exact) mass is 463 g/mol. The van der Waals surface area contributed by atoms with Gasteiger partial charge in [0, 0.05) is 30.1 Å². The van der Waals surface area contributed by atoms with Crippen LogP contribution in [0.3, 0.4) is 0 Å². The molecule has 1 aliphatic rings. The van der Waals surface area contributed by atoms with E-state index in [1.807, 2.05) is 30.0 Å². The van der Waals surface area contributed by atoms with E-state index in [2.05, 4.69) is 35.6 Å². The normalized spacial score (nSPS) is 16.0. The van der Waals surface area contributed by atoms with E-state index in [1.165, 1.54) is 0 Å².